The molecule has 0 aliphatic heterocycles. The molecular formula is C27H40N2O3. The van der Waals surface area contributed by atoms with Gasteiger partial charge in [-0.1, -0.05) is 51.9 Å². The zero-order chi connectivity index (χ0) is 22.3. The summed E-state index contributed by atoms with van der Waals surface area (Å²) in [6.45, 7) is 5.31. The Labute approximate surface area is 193 Å². The van der Waals surface area contributed by atoms with Crippen LogP contribution in [0.2, 0.25) is 0 Å². The van der Waals surface area contributed by atoms with E-state index in [-0.39, 0.29) is 0 Å². The van der Waals surface area contributed by atoms with Gasteiger partial charge in [0.25, 0.3) is 0 Å². The molecule has 1 saturated carbocycles. The van der Waals surface area contributed by atoms with Gasteiger partial charge in [0, 0.05) is 18.8 Å². The van der Waals surface area contributed by atoms with Gasteiger partial charge in [0.1, 0.15) is 5.75 Å². The molecule has 1 aliphatic rings. The second kappa shape index (κ2) is 14.8. The Hall–Kier alpha value is -2.14. The minimum absolute atomic E-state index is 0.702. The van der Waals surface area contributed by atoms with Crippen LogP contribution < -0.4 is 9.47 Å². The summed E-state index contributed by atoms with van der Waals surface area (Å²) in [6, 6.07) is 7.95. The van der Waals surface area contributed by atoms with Crippen LogP contribution in [0, 0.1) is 5.92 Å². The highest BCUT2D eigenvalue weighted by molar-refractivity contribution is 5.56. The zero-order valence-electron chi connectivity index (χ0n) is 19.8. The van der Waals surface area contributed by atoms with Crippen LogP contribution >= 0.6 is 0 Å². The SMILES string of the molecule is CCCCOCCCCOc1ccc(-c2ncc(OCCCCCCC3CC3)cn2)cc1. The van der Waals surface area contributed by atoms with Crippen molar-refractivity contribution >= 4 is 0 Å². The molecule has 0 atom stereocenters. The van der Waals surface area contributed by atoms with E-state index in [1.54, 1.807) is 12.4 Å². The number of hydrogen-bond acceptors (Lipinski definition) is 5. The number of rotatable bonds is 18. The summed E-state index contributed by atoms with van der Waals surface area (Å²) in [5.41, 5.74) is 0.976. The Morgan fingerprint density at radius 1 is 0.719 bits per heavy atom. The average Bonchev–Trinajstić information content (AvgIpc) is 3.65. The van der Waals surface area contributed by atoms with Gasteiger partial charge in [-0.15, -0.1) is 0 Å². The molecule has 1 aromatic carbocycles. The van der Waals surface area contributed by atoms with Crippen molar-refractivity contribution in [3.8, 4) is 22.9 Å². The van der Waals surface area contributed by atoms with Gasteiger partial charge in [-0.2, -0.15) is 0 Å². The van der Waals surface area contributed by atoms with Gasteiger partial charge in [-0.25, -0.2) is 9.97 Å². The molecule has 0 N–H and O–H groups in total. The van der Waals surface area contributed by atoms with E-state index in [9.17, 15) is 0 Å². The molecule has 0 bridgehead atoms. The van der Waals surface area contributed by atoms with Gasteiger partial charge in [0.2, 0.25) is 0 Å². The fourth-order valence-electron chi connectivity index (χ4n) is 3.57. The molecule has 1 aliphatic carbocycles. The fourth-order valence-corrected chi connectivity index (χ4v) is 3.57. The van der Waals surface area contributed by atoms with Crippen LogP contribution in [0.25, 0.3) is 11.4 Å². The molecule has 5 nitrogen and oxygen atoms in total. The first kappa shape index (κ1) is 24.5. The highest BCUT2D eigenvalue weighted by Gasteiger charge is 2.19. The third kappa shape index (κ3) is 9.99. The van der Waals surface area contributed by atoms with E-state index in [0.29, 0.717) is 12.4 Å². The summed E-state index contributed by atoms with van der Waals surface area (Å²) in [6.07, 6.45) is 17.3. The second-order valence-corrected chi connectivity index (χ2v) is 8.78. The third-order valence-electron chi connectivity index (χ3n) is 5.81. The Morgan fingerprint density at radius 2 is 1.34 bits per heavy atom. The maximum atomic E-state index is 5.82. The van der Waals surface area contributed by atoms with Gasteiger partial charge in [-0.05, 0) is 55.9 Å². The molecular weight excluding hydrogens is 400 g/mol. The van der Waals surface area contributed by atoms with Crippen molar-refractivity contribution in [3.63, 3.8) is 0 Å². The highest BCUT2D eigenvalue weighted by Crippen LogP contribution is 2.34. The monoisotopic (exact) mass is 440 g/mol. The molecule has 0 saturated heterocycles. The molecule has 5 heteroatoms. The van der Waals surface area contributed by atoms with Crippen molar-refractivity contribution in [2.75, 3.05) is 26.4 Å². The number of ether oxygens (including phenoxy) is 3. The number of unbranched alkanes of at least 4 members (excludes halogenated alkanes) is 5. The van der Waals surface area contributed by atoms with Crippen molar-refractivity contribution in [2.24, 2.45) is 5.92 Å². The average molecular weight is 441 g/mol. The third-order valence-corrected chi connectivity index (χ3v) is 5.81. The van der Waals surface area contributed by atoms with Crippen molar-refractivity contribution < 1.29 is 14.2 Å². The Kier molecular flexibility index (Phi) is 11.4. The molecule has 0 unspecified atom stereocenters. The smallest absolute Gasteiger partial charge is 0.159 e. The Morgan fingerprint density at radius 3 is 2.06 bits per heavy atom. The largest absolute Gasteiger partial charge is 0.494 e. The maximum Gasteiger partial charge on any atom is 0.159 e. The molecule has 1 heterocycles. The molecule has 0 amide bonds. The standard InChI is InChI=1S/C27H40N2O3/c1-2-3-17-30-18-8-9-20-31-25-15-13-24(14-16-25)27-28-21-26(22-29-27)32-19-7-5-4-6-10-23-11-12-23/h13-16,21-23H,2-12,17-20H2,1H3. The number of hydrogen-bond donors (Lipinski definition) is 0. The topological polar surface area (TPSA) is 53.5 Å². The normalized spacial score (nSPS) is 13.3. The van der Waals surface area contributed by atoms with Crippen LogP contribution in [-0.4, -0.2) is 36.4 Å². The molecule has 3 rings (SSSR count). The Balaban J connectivity index is 1.27. The number of aromatic nitrogens is 2. The van der Waals surface area contributed by atoms with E-state index in [0.717, 1.165) is 68.5 Å². The molecule has 176 valence electrons. The minimum atomic E-state index is 0.702. The van der Waals surface area contributed by atoms with Crippen LogP contribution in [0.1, 0.15) is 77.6 Å². The predicted molar refractivity (Wildman–Crippen MR) is 129 cm³/mol. The second-order valence-electron chi connectivity index (χ2n) is 8.78. The van der Waals surface area contributed by atoms with Crippen LogP contribution in [0.3, 0.4) is 0 Å². The van der Waals surface area contributed by atoms with Crippen molar-refractivity contribution in [1.29, 1.82) is 0 Å². The minimum Gasteiger partial charge on any atom is -0.494 e. The van der Waals surface area contributed by atoms with Gasteiger partial charge in [0.05, 0.1) is 25.6 Å². The number of benzene rings is 1. The van der Waals surface area contributed by atoms with E-state index in [1.807, 2.05) is 24.3 Å². The van der Waals surface area contributed by atoms with Gasteiger partial charge in [0.15, 0.2) is 11.6 Å². The number of nitrogens with zero attached hydrogens (tertiary/aromatic N) is 2. The summed E-state index contributed by atoms with van der Waals surface area (Å²) in [4.78, 5) is 8.92. The first-order valence-electron chi connectivity index (χ1n) is 12.6. The summed E-state index contributed by atoms with van der Waals surface area (Å²) < 4.78 is 17.2. The first-order valence-corrected chi connectivity index (χ1v) is 12.6. The summed E-state index contributed by atoms with van der Waals surface area (Å²) in [5, 5.41) is 0. The highest BCUT2D eigenvalue weighted by atomic mass is 16.5. The first-order chi connectivity index (χ1) is 15.8. The maximum absolute atomic E-state index is 5.82. The lowest BCUT2D eigenvalue weighted by Crippen LogP contribution is -2.01. The van der Waals surface area contributed by atoms with Crippen LogP contribution in [0.15, 0.2) is 36.7 Å². The lowest BCUT2D eigenvalue weighted by Gasteiger charge is -2.08. The summed E-state index contributed by atoms with van der Waals surface area (Å²) in [7, 11) is 0. The summed E-state index contributed by atoms with van der Waals surface area (Å²) in [5.74, 6) is 3.37. The van der Waals surface area contributed by atoms with E-state index < -0.39 is 0 Å². The lowest BCUT2D eigenvalue weighted by molar-refractivity contribution is 0.123. The lowest BCUT2D eigenvalue weighted by atomic mass is 10.1. The van der Waals surface area contributed by atoms with Crippen molar-refractivity contribution in [1.82, 2.24) is 9.97 Å². The molecule has 0 radical (unpaired) electrons. The zero-order valence-corrected chi connectivity index (χ0v) is 19.8. The Bertz CT molecular complexity index is 730. The van der Waals surface area contributed by atoms with Gasteiger partial charge in [-0.3, -0.25) is 0 Å². The van der Waals surface area contributed by atoms with E-state index in [1.165, 1.54) is 44.9 Å². The molecule has 2 aromatic rings. The van der Waals surface area contributed by atoms with Crippen LogP contribution in [0.4, 0.5) is 0 Å². The molecule has 32 heavy (non-hydrogen) atoms. The van der Waals surface area contributed by atoms with E-state index >= 15 is 0 Å². The summed E-state index contributed by atoms with van der Waals surface area (Å²) >= 11 is 0. The fraction of sp³-hybridized carbons (Fsp3) is 0.630. The molecule has 1 fully saturated rings. The van der Waals surface area contributed by atoms with Crippen LogP contribution in [0.5, 0.6) is 11.5 Å². The van der Waals surface area contributed by atoms with Gasteiger partial charge >= 0.3 is 0 Å². The molecule has 1 aromatic heterocycles. The van der Waals surface area contributed by atoms with Gasteiger partial charge < -0.3 is 14.2 Å². The van der Waals surface area contributed by atoms with Crippen molar-refractivity contribution in [2.45, 2.75) is 77.6 Å². The van der Waals surface area contributed by atoms with E-state index in [4.69, 9.17) is 14.2 Å². The molecule has 0 spiro atoms. The quantitative estimate of drug-likeness (QED) is 0.237. The van der Waals surface area contributed by atoms with Crippen LogP contribution in [-0.2, 0) is 4.74 Å². The van der Waals surface area contributed by atoms with E-state index in [2.05, 4.69) is 16.9 Å². The van der Waals surface area contributed by atoms with Crippen molar-refractivity contribution in [3.05, 3.63) is 36.7 Å². The predicted octanol–water partition coefficient (Wildman–Crippen LogP) is 6.86.